The highest BCUT2D eigenvalue weighted by Crippen LogP contribution is 2.31. The zero-order valence-electron chi connectivity index (χ0n) is 15.2. The normalized spacial score (nSPS) is 14.2. The molecule has 0 saturated carbocycles. The number of imide groups is 1. The molecule has 1 aliphatic heterocycles. The molecule has 1 heterocycles. The summed E-state index contributed by atoms with van der Waals surface area (Å²) in [5.74, 6) is -2.32. The van der Waals surface area contributed by atoms with Gasteiger partial charge in [-0.3, -0.25) is 14.5 Å². The van der Waals surface area contributed by atoms with Gasteiger partial charge in [0.15, 0.2) is 0 Å². The molecule has 0 saturated heterocycles. The van der Waals surface area contributed by atoms with E-state index in [4.69, 9.17) is 0 Å². The molecular weight excluding hydrogens is 340 g/mol. The lowest BCUT2D eigenvalue weighted by Gasteiger charge is -2.29. The molecule has 0 radical (unpaired) electrons. The summed E-state index contributed by atoms with van der Waals surface area (Å²) in [5, 5.41) is 2.72. The summed E-state index contributed by atoms with van der Waals surface area (Å²) in [7, 11) is 2.34. The Hall–Kier alpha value is -3.16. The summed E-state index contributed by atoms with van der Waals surface area (Å²) in [6.07, 6.45) is 0.938. The van der Waals surface area contributed by atoms with Crippen molar-refractivity contribution in [3.63, 3.8) is 0 Å². The third-order valence-electron chi connectivity index (χ3n) is 3.71. The van der Waals surface area contributed by atoms with Crippen LogP contribution in [0.5, 0.6) is 0 Å². The fraction of sp³-hybridized carbons (Fsp3) is 0.333. The second-order valence-electron chi connectivity index (χ2n) is 6.57. The van der Waals surface area contributed by atoms with Crippen LogP contribution in [0.3, 0.4) is 0 Å². The number of esters is 2. The van der Waals surface area contributed by atoms with Crippen molar-refractivity contribution in [2.75, 3.05) is 19.5 Å². The van der Waals surface area contributed by atoms with E-state index in [1.54, 1.807) is 20.8 Å². The smallest absolute Gasteiger partial charge is 0.354 e. The fourth-order valence-electron chi connectivity index (χ4n) is 2.52. The number of ether oxygens (including phenoxy) is 2. The lowest BCUT2D eigenvalue weighted by atomic mass is 10.1. The minimum atomic E-state index is -0.783. The van der Waals surface area contributed by atoms with Crippen LogP contribution in [-0.4, -0.2) is 48.4 Å². The van der Waals surface area contributed by atoms with Crippen molar-refractivity contribution in [3.8, 4) is 0 Å². The van der Waals surface area contributed by atoms with Crippen molar-refractivity contribution >= 4 is 29.4 Å². The lowest BCUT2D eigenvalue weighted by molar-refractivity contribution is -0.138. The molecule has 0 unspecified atom stereocenters. The Labute approximate surface area is 150 Å². The number of nitrogens with zero attached hydrogens (tertiary/aromatic N) is 1. The molecule has 0 bridgehead atoms. The van der Waals surface area contributed by atoms with Crippen molar-refractivity contribution in [1.82, 2.24) is 4.90 Å². The Morgan fingerprint density at radius 3 is 2.19 bits per heavy atom. The summed E-state index contributed by atoms with van der Waals surface area (Å²) >= 11 is 0. The largest absolute Gasteiger partial charge is 0.466 e. The van der Waals surface area contributed by atoms with Crippen LogP contribution < -0.4 is 5.32 Å². The third kappa shape index (κ3) is 3.58. The van der Waals surface area contributed by atoms with Crippen molar-refractivity contribution in [2.24, 2.45) is 0 Å². The number of rotatable bonds is 4. The van der Waals surface area contributed by atoms with Gasteiger partial charge in [0.05, 0.1) is 31.4 Å². The van der Waals surface area contributed by atoms with E-state index in [-0.39, 0.29) is 22.7 Å². The highest BCUT2D eigenvalue weighted by atomic mass is 16.5. The van der Waals surface area contributed by atoms with Crippen LogP contribution in [0, 0.1) is 0 Å². The zero-order valence-corrected chi connectivity index (χ0v) is 15.2. The first-order chi connectivity index (χ1) is 12.1. The molecule has 26 heavy (non-hydrogen) atoms. The summed E-state index contributed by atoms with van der Waals surface area (Å²) in [4.78, 5) is 49.5. The number of fused-ring (bicyclic) bond motifs is 1. The molecule has 1 aromatic carbocycles. The van der Waals surface area contributed by atoms with Gasteiger partial charge in [-0.15, -0.1) is 0 Å². The Bertz CT molecular complexity index is 819. The number of carbonyl (C=O) groups excluding carboxylic acids is 4. The Kier molecular flexibility index (Phi) is 5.15. The maximum Gasteiger partial charge on any atom is 0.354 e. The number of amides is 2. The van der Waals surface area contributed by atoms with Gasteiger partial charge in [-0.05, 0) is 39.0 Å². The fourth-order valence-corrected chi connectivity index (χ4v) is 2.52. The summed E-state index contributed by atoms with van der Waals surface area (Å²) in [6, 6.07) is 4.48. The standard InChI is InChI=1S/C18H20N2O6/c1-18(2,3)20-15(22)11-7-6-10(8-12(11)16(20)23)19-13(17(24)26-5)9-14(21)25-4/h6-9,19H,1-5H3/b13-9+. The minimum Gasteiger partial charge on any atom is -0.466 e. The van der Waals surface area contributed by atoms with Crippen LogP contribution in [0.15, 0.2) is 30.0 Å². The van der Waals surface area contributed by atoms with Gasteiger partial charge in [0.2, 0.25) is 0 Å². The predicted molar refractivity (Wildman–Crippen MR) is 92.4 cm³/mol. The number of methoxy groups -OCH3 is 2. The summed E-state index contributed by atoms with van der Waals surface area (Å²) < 4.78 is 9.12. The molecule has 0 aliphatic carbocycles. The molecule has 1 aliphatic rings. The average molecular weight is 360 g/mol. The van der Waals surface area contributed by atoms with E-state index in [0.29, 0.717) is 5.69 Å². The van der Waals surface area contributed by atoms with E-state index in [1.165, 1.54) is 37.3 Å². The number of hydrogen-bond donors (Lipinski definition) is 1. The molecule has 8 heteroatoms. The first kappa shape index (κ1) is 19.2. The first-order valence-electron chi connectivity index (χ1n) is 7.78. The van der Waals surface area contributed by atoms with Crippen molar-refractivity contribution in [2.45, 2.75) is 26.3 Å². The molecule has 1 aromatic rings. The Morgan fingerprint density at radius 1 is 1.04 bits per heavy atom. The van der Waals surface area contributed by atoms with Crippen molar-refractivity contribution in [3.05, 3.63) is 41.1 Å². The molecule has 138 valence electrons. The van der Waals surface area contributed by atoms with Crippen molar-refractivity contribution in [1.29, 1.82) is 0 Å². The highest BCUT2D eigenvalue weighted by molar-refractivity contribution is 6.22. The van der Waals surface area contributed by atoms with Crippen LogP contribution >= 0.6 is 0 Å². The molecule has 1 N–H and O–H groups in total. The van der Waals surface area contributed by atoms with E-state index in [9.17, 15) is 19.2 Å². The Balaban J connectivity index is 2.38. The van der Waals surface area contributed by atoms with Crippen LogP contribution in [0.25, 0.3) is 0 Å². The Morgan fingerprint density at radius 2 is 1.65 bits per heavy atom. The second-order valence-corrected chi connectivity index (χ2v) is 6.57. The minimum absolute atomic E-state index is 0.163. The molecule has 2 rings (SSSR count). The molecule has 0 fully saturated rings. The van der Waals surface area contributed by atoms with E-state index in [2.05, 4.69) is 14.8 Å². The third-order valence-corrected chi connectivity index (χ3v) is 3.71. The highest BCUT2D eigenvalue weighted by Gasteiger charge is 2.41. The van der Waals surface area contributed by atoms with Crippen LogP contribution in [-0.2, 0) is 19.1 Å². The second kappa shape index (κ2) is 6.99. The van der Waals surface area contributed by atoms with Gasteiger partial charge in [0.25, 0.3) is 11.8 Å². The van der Waals surface area contributed by atoms with Crippen LogP contribution in [0.4, 0.5) is 5.69 Å². The van der Waals surface area contributed by atoms with Crippen molar-refractivity contribution < 1.29 is 28.7 Å². The van der Waals surface area contributed by atoms with E-state index in [1.807, 2.05) is 0 Å². The van der Waals surface area contributed by atoms with Gasteiger partial charge in [0, 0.05) is 11.2 Å². The number of benzene rings is 1. The van der Waals surface area contributed by atoms with Gasteiger partial charge in [-0.1, -0.05) is 0 Å². The predicted octanol–water partition coefficient (Wildman–Crippen LogP) is 1.72. The van der Waals surface area contributed by atoms with Crippen LogP contribution in [0.1, 0.15) is 41.5 Å². The van der Waals surface area contributed by atoms with Crippen LogP contribution in [0.2, 0.25) is 0 Å². The first-order valence-corrected chi connectivity index (χ1v) is 7.78. The quantitative estimate of drug-likeness (QED) is 0.495. The number of hydrogen-bond acceptors (Lipinski definition) is 7. The summed E-state index contributed by atoms with van der Waals surface area (Å²) in [6.45, 7) is 5.30. The van der Waals surface area contributed by atoms with Gasteiger partial charge >= 0.3 is 11.9 Å². The lowest BCUT2D eigenvalue weighted by Crippen LogP contribution is -2.45. The molecule has 0 spiro atoms. The van der Waals surface area contributed by atoms with Gasteiger partial charge in [-0.25, -0.2) is 9.59 Å². The molecule has 8 nitrogen and oxygen atoms in total. The number of nitrogens with one attached hydrogen (secondary N) is 1. The van der Waals surface area contributed by atoms with Gasteiger partial charge in [-0.2, -0.15) is 0 Å². The zero-order chi connectivity index (χ0) is 19.6. The van der Waals surface area contributed by atoms with E-state index < -0.39 is 23.4 Å². The SMILES string of the molecule is COC(=O)/C=C(/Nc1ccc2c(c1)C(=O)N(C(C)(C)C)C2=O)C(=O)OC. The topological polar surface area (TPSA) is 102 Å². The molecule has 2 amide bonds. The average Bonchev–Trinajstić information content (AvgIpc) is 2.83. The molecule has 0 atom stereocenters. The number of carbonyl (C=O) groups is 4. The maximum atomic E-state index is 12.6. The summed E-state index contributed by atoms with van der Waals surface area (Å²) in [5.41, 5.74) is 0.0251. The van der Waals surface area contributed by atoms with Gasteiger partial charge in [0.1, 0.15) is 5.70 Å². The molecule has 0 aromatic heterocycles. The van der Waals surface area contributed by atoms with Gasteiger partial charge < -0.3 is 14.8 Å². The maximum absolute atomic E-state index is 12.6. The van der Waals surface area contributed by atoms with E-state index in [0.717, 1.165) is 6.08 Å². The monoisotopic (exact) mass is 360 g/mol. The number of anilines is 1. The molecular formula is C18H20N2O6. The van der Waals surface area contributed by atoms with E-state index >= 15 is 0 Å².